The first kappa shape index (κ1) is 39.2. The van der Waals surface area contributed by atoms with Gasteiger partial charge < -0.3 is 39.4 Å². The first-order valence-corrected chi connectivity index (χ1v) is 17.8. The fraction of sp³-hybridized carbons (Fsp3) is 0.784. The number of nitrogens with zero attached hydrogens (tertiary/aromatic N) is 1. The van der Waals surface area contributed by atoms with Crippen LogP contribution >= 0.6 is 0 Å². The van der Waals surface area contributed by atoms with Crippen LogP contribution in [0.3, 0.4) is 0 Å². The largest absolute Gasteiger partial charge is 0.457 e. The molecule has 0 aliphatic carbocycles. The van der Waals surface area contributed by atoms with Gasteiger partial charge in [0.1, 0.15) is 17.8 Å². The van der Waals surface area contributed by atoms with Crippen molar-refractivity contribution in [2.75, 3.05) is 33.3 Å². The molecule has 0 aromatic carbocycles. The van der Waals surface area contributed by atoms with Crippen molar-refractivity contribution in [3.8, 4) is 0 Å². The van der Waals surface area contributed by atoms with Crippen molar-refractivity contribution in [3.63, 3.8) is 0 Å². The number of allylic oxidation sites excluding steroid dienone is 2. The van der Waals surface area contributed by atoms with Gasteiger partial charge in [0.15, 0.2) is 6.10 Å². The second-order valence-electron chi connectivity index (χ2n) is 14.4. The van der Waals surface area contributed by atoms with Gasteiger partial charge in [0, 0.05) is 44.4 Å². The summed E-state index contributed by atoms with van der Waals surface area (Å²) in [5.41, 5.74) is -0.481. The van der Waals surface area contributed by atoms with Crippen LogP contribution in [0.2, 0.25) is 0 Å². The number of cyclic esters (lactones) is 1. The maximum Gasteiger partial charge on any atom is 0.407 e. The number of likely N-dealkylation sites (tertiary alicyclic amines) is 1. The van der Waals surface area contributed by atoms with Crippen molar-refractivity contribution >= 4 is 12.1 Å². The van der Waals surface area contributed by atoms with Crippen LogP contribution < -0.4 is 5.32 Å². The van der Waals surface area contributed by atoms with Crippen LogP contribution in [0.4, 0.5) is 4.79 Å². The number of carbonyl (C=O) groups is 2. The second kappa shape index (κ2) is 18.5. The average molecular weight is 663 g/mol. The molecule has 3 aliphatic heterocycles. The fourth-order valence-corrected chi connectivity index (χ4v) is 6.79. The summed E-state index contributed by atoms with van der Waals surface area (Å²) in [6, 6.07) is 0. The number of nitrogens with one attached hydrogen (secondary N) is 1. The topological polar surface area (TPSA) is 130 Å². The van der Waals surface area contributed by atoms with E-state index in [9.17, 15) is 19.8 Å². The van der Waals surface area contributed by atoms with Crippen LogP contribution in [0.15, 0.2) is 36.0 Å². The van der Waals surface area contributed by atoms with E-state index in [1.807, 2.05) is 52.0 Å². The van der Waals surface area contributed by atoms with Crippen molar-refractivity contribution in [3.05, 3.63) is 36.0 Å². The summed E-state index contributed by atoms with van der Waals surface area (Å²) >= 11 is 0. The third-order valence-electron chi connectivity index (χ3n) is 10.2. The summed E-state index contributed by atoms with van der Waals surface area (Å²) in [6.07, 6.45) is 10.9. The number of carbonyl (C=O) groups excluding carboxylic acids is 2. The van der Waals surface area contributed by atoms with Crippen molar-refractivity contribution < 1.29 is 38.7 Å². The van der Waals surface area contributed by atoms with Crippen LogP contribution in [-0.4, -0.2) is 103 Å². The van der Waals surface area contributed by atoms with Gasteiger partial charge in [0.05, 0.1) is 18.3 Å². The summed E-state index contributed by atoms with van der Waals surface area (Å²) < 4.78 is 23.2. The molecule has 0 aromatic rings. The van der Waals surface area contributed by atoms with Crippen LogP contribution in [-0.2, 0) is 23.7 Å². The van der Waals surface area contributed by atoms with Crippen LogP contribution in [0.25, 0.3) is 0 Å². The van der Waals surface area contributed by atoms with Gasteiger partial charge in [0.25, 0.3) is 0 Å². The van der Waals surface area contributed by atoms with Crippen molar-refractivity contribution in [2.24, 2.45) is 23.7 Å². The van der Waals surface area contributed by atoms with E-state index >= 15 is 0 Å². The molecule has 0 saturated carbocycles. The number of methoxy groups -OCH3 is 1. The lowest BCUT2D eigenvalue weighted by atomic mass is 9.87. The first-order chi connectivity index (χ1) is 22.3. The second-order valence-corrected chi connectivity index (χ2v) is 14.4. The Morgan fingerprint density at radius 2 is 1.91 bits per heavy atom. The molecule has 0 spiro atoms. The van der Waals surface area contributed by atoms with Gasteiger partial charge in [-0.3, -0.25) is 4.79 Å². The fourth-order valence-electron chi connectivity index (χ4n) is 6.79. The number of ether oxygens (including phenoxy) is 4. The zero-order chi connectivity index (χ0) is 34.7. The Morgan fingerprint density at radius 3 is 2.57 bits per heavy atom. The highest BCUT2D eigenvalue weighted by Gasteiger charge is 2.50. The Labute approximate surface area is 282 Å². The average Bonchev–Trinajstić information content (AvgIpc) is 3.66. The predicted octanol–water partition coefficient (Wildman–Crippen LogP) is 5.18. The number of esters is 1. The SMILES string of the molecule is CCC(OC)C(C)C1OC1C(O)C(C)/C=C/C=C(\C)C1OC(=O)CC(C)CCC(C)(O)C(OC(=O)NCCN2CCCC2)/C=C/C1C. The monoisotopic (exact) mass is 662 g/mol. The lowest BCUT2D eigenvalue weighted by Crippen LogP contribution is -2.44. The van der Waals surface area contributed by atoms with Crippen LogP contribution in [0.1, 0.15) is 87.0 Å². The molecule has 3 aliphatic rings. The number of epoxide rings is 1. The molecule has 0 radical (unpaired) electrons. The van der Waals surface area contributed by atoms with E-state index in [4.69, 9.17) is 18.9 Å². The summed E-state index contributed by atoms with van der Waals surface area (Å²) in [7, 11) is 1.71. The maximum absolute atomic E-state index is 13.0. The number of hydrogen-bond donors (Lipinski definition) is 3. The van der Waals surface area contributed by atoms with Crippen molar-refractivity contribution in [1.29, 1.82) is 0 Å². The highest BCUT2D eigenvalue weighted by atomic mass is 16.6. The number of amides is 1. The Hall–Kier alpha value is -2.24. The molecular formula is C37H62N2O8. The van der Waals surface area contributed by atoms with Gasteiger partial charge in [-0.1, -0.05) is 58.9 Å². The highest BCUT2D eigenvalue weighted by molar-refractivity contribution is 5.70. The third-order valence-corrected chi connectivity index (χ3v) is 10.2. The quantitative estimate of drug-likeness (QED) is 0.106. The van der Waals surface area contributed by atoms with Crippen LogP contribution in [0.5, 0.6) is 0 Å². The Bertz CT molecular complexity index is 1080. The normalized spacial score (nSPS) is 34.4. The third kappa shape index (κ3) is 12.0. The number of hydrogen-bond acceptors (Lipinski definition) is 9. The molecule has 3 rings (SSSR count). The summed E-state index contributed by atoms with van der Waals surface area (Å²) in [4.78, 5) is 28.1. The molecule has 3 heterocycles. The van der Waals surface area contributed by atoms with E-state index < -0.39 is 30.0 Å². The number of aliphatic hydroxyl groups is 2. The van der Waals surface area contributed by atoms with Gasteiger partial charge in [0.2, 0.25) is 0 Å². The first-order valence-electron chi connectivity index (χ1n) is 17.8. The molecule has 47 heavy (non-hydrogen) atoms. The molecule has 11 unspecified atom stereocenters. The van der Waals surface area contributed by atoms with Crippen LogP contribution in [0, 0.1) is 23.7 Å². The molecule has 0 bridgehead atoms. The van der Waals surface area contributed by atoms with Gasteiger partial charge in [-0.2, -0.15) is 0 Å². The van der Waals surface area contributed by atoms with E-state index in [-0.39, 0.29) is 54.4 Å². The van der Waals surface area contributed by atoms with Crippen molar-refractivity contribution in [1.82, 2.24) is 10.2 Å². The van der Waals surface area contributed by atoms with E-state index in [1.54, 1.807) is 20.1 Å². The minimum Gasteiger partial charge on any atom is -0.457 e. The molecule has 10 heteroatoms. The number of alkyl carbamates (subject to hydrolysis) is 1. The lowest BCUT2D eigenvalue weighted by molar-refractivity contribution is -0.150. The molecule has 2 saturated heterocycles. The van der Waals surface area contributed by atoms with E-state index in [0.29, 0.717) is 19.4 Å². The Balaban J connectivity index is 1.68. The van der Waals surface area contributed by atoms with E-state index in [1.165, 1.54) is 12.8 Å². The molecule has 0 aromatic heterocycles. The molecule has 11 atom stereocenters. The zero-order valence-corrected chi connectivity index (χ0v) is 30.0. The summed E-state index contributed by atoms with van der Waals surface area (Å²) in [6.45, 7) is 17.0. The molecule has 1 amide bonds. The maximum atomic E-state index is 13.0. The van der Waals surface area contributed by atoms with Gasteiger partial charge >= 0.3 is 12.1 Å². The van der Waals surface area contributed by atoms with E-state index in [0.717, 1.165) is 31.6 Å². The van der Waals surface area contributed by atoms with Gasteiger partial charge in [-0.15, -0.1) is 0 Å². The molecule has 268 valence electrons. The summed E-state index contributed by atoms with van der Waals surface area (Å²) in [5.74, 6) is -0.541. The molecular weight excluding hydrogens is 600 g/mol. The van der Waals surface area contributed by atoms with E-state index in [2.05, 4.69) is 24.1 Å². The highest BCUT2D eigenvalue weighted by Crippen LogP contribution is 2.37. The molecule has 10 nitrogen and oxygen atoms in total. The Kier molecular flexibility index (Phi) is 15.4. The smallest absolute Gasteiger partial charge is 0.407 e. The zero-order valence-electron chi connectivity index (χ0n) is 30.0. The summed E-state index contributed by atoms with van der Waals surface area (Å²) in [5, 5.41) is 25.2. The van der Waals surface area contributed by atoms with Gasteiger partial charge in [-0.05, 0) is 76.6 Å². The van der Waals surface area contributed by atoms with Crippen molar-refractivity contribution in [2.45, 2.75) is 129 Å². The predicted molar refractivity (Wildman–Crippen MR) is 183 cm³/mol. The lowest BCUT2D eigenvalue weighted by Gasteiger charge is -2.33. The minimum atomic E-state index is -1.32. The Morgan fingerprint density at radius 1 is 1.21 bits per heavy atom. The number of rotatable bonds is 13. The molecule has 2 fully saturated rings. The standard InChI is InChI=1S/C37H62N2O8/c1-9-29(44-8)28(6)34-35(47-34)32(41)25(3)13-12-14-26(4)33-27(5)15-16-30(37(7,43)18-17-24(2)23-31(40)46-33)45-36(42)38-19-22-39-20-10-11-21-39/h12-16,24-25,27-30,32-35,41,43H,9-11,17-23H2,1-8H3,(H,38,42)/b13-12+,16-15+,26-14+. The molecule has 3 N–H and O–H groups in total. The van der Waals surface area contributed by atoms with Gasteiger partial charge in [-0.25, -0.2) is 4.79 Å². The number of aliphatic hydroxyl groups excluding tert-OH is 1. The minimum absolute atomic E-state index is 0.0247.